The number of rotatable bonds is 3. The fourth-order valence-electron chi connectivity index (χ4n) is 1.57. The van der Waals surface area contributed by atoms with E-state index in [1.54, 1.807) is 19.1 Å². The Labute approximate surface area is 104 Å². The molecule has 1 unspecified atom stereocenters. The van der Waals surface area contributed by atoms with Crippen molar-refractivity contribution >= 4 is 23.3 Å². The number of hydrogen-bond acceptors (Lipinski definition) is 4. The van der Waals surface area contributed by atoms with Crippen molar-refractivity contribution in [1.82, 2.24) is 0 Å². The lowest BCUT2D eigenvalue weighted by molar-refractivity contribution is -0.135. The first-order valence-corrected chi connectivity index (χ1v) is 5.73. The first kappa shape index (κ1) is 11.9. The number of oxime groups is 1. The van der Waals surface area contributed by atoms with Crippen molar-refractivity contribution < 1.29 is 14.4 Å². The molecule has 17 heavy (non-hydrogen) atoms. The zero-order chi connectivity index (χ0) is 12.3. The van der Waals surface area contributed by atoms with E-state index in [9.17, 15) is 4.79 Å². The lowest BCUT2D eigenvalue weighted by atomic mass is 10.0. The van der Waals surface area contributed by atoms with Crippen molar-refractivity contribution in [3.8, 4) is 0 Å². The van der Waals surface area contributed by atoms with Crippen LogP contribution in [0.15, 0.2) is 29.4 Å². The third-order valence-corrected chi connectivity index (χ3v) is 2.67. The third-order valence-electron chi connectivity index (χ3n) is 2.42. The minimum absolute atomic E-state index is 0.230. The first-order valence-electron chi connectivity index (χ1n) is 5.36. The van der Waals surface area contributed by atoms with Gasteiger partial charge < -0.3 is 9.57 Å². The molecule has 0 radical (unpaired) electrons. The topological polar surface area (TPSA) is 47.9 Å². The highest BCUT2D eigenvalue weighted by atomic mass is 35.5. The zero-order valence-electron chi connectivity index (χ0n) is 9.35. The van der Waals surface area contributed by atoms with Gasteiger partial charge in [0.1, 0.15) is 0 Å². The zero-order valence-corrected chi connectivity index (χ0v) is 10.1. The van der Waals surface area contributed by atoms with Gasteiger partial charge in [-0.3, -0.25) is 0 Å². The molecule has 1 atom stereocenters. The molecule has 0 saturated heterocycles. The number of esters is 1. The average Bonchev–Trinajstić information content (AvgIpc) is 2.80. The van der Waals surface area contributed by atoms with Gasteiger partial charge >= 0.3 is 5.97 Å². The molecular weight excluding hydrogens is 242 g/mol. The van der Waals surface area contributed by atoms with Gasteiger partial charge in [-0.2, -0.15) is 0 Å². The predicted octanol–water partition coefficient (Wildman–Crippen LogP) is 2.72. The van der Waals surface area contributed by atoms with Crippen LogP contribution in [0.2, 0.25) is 5.02 Å². The highest BCUT2D eigenvalue weighted by Gasteiger charge is 2.28. The van der Waals surface area contributed by atoms with Gasteiger partial charge in [0.05, 0.1) is 6.61 Å². The van der Waals surface area contributed by atoms with E-state index in [0.717, 1.165) is 5.56 Å². The summed E-state index contributed by atoms with van der Waals surface area (Å²) < 4.78 is 4.86. The Hall–Kier alpha value is -1.55. The van der Waals surface area contributed by atoms with Gasteiger partial charge in [-0.15, -0.1) is 0 Å². The summed E-state index contributed by atoms with van der Waals surface area (Å²) >= 11 is 5.80. The van der Waals surface area contributed by atoms with E-state index in [0.29, 0.717) is 23.8 Å². The number of carbonyl (C=O) groups excluding carboxylic acids is 1. The largest absolute Gasteiger partial charge is 0.461 e. The van der Waals surface area contributed by atoms with E-state index in [1.165, 1.54) is 0 Å². The highest BCUT2D eigenvalue weighted by Crippen LogP contribution is 2.28. The summed E-state index contributed by atoms with van der Waals surface area (Å²) in [5.41, 5.74) is 1.27. The third kappa shape index (κ3) is 2.77. The average molecular weight is 254 g/mol. The fourth-order valence-corrected chi connectivity index (χ4v) is 1.69. The summed E-state index contributed by atoms with van der Waals surface area (Å²) in [7, 11) is 0. The number of benzene rings is 1. The summed E-state index contributed by atoms with van der Waals surface area (Å²) in [6, 6.07) is 7.28. The van der Waals surface area contributed by atoms with Gasteiger partial charge in [-0.05, 0) is 24.6 Å². The lowest BCUT2D eigenvalue weighted by Crippen LogP contribution is -2.16. The molecule has 0 bridgehead atoms. The summed E-state index contributed by atoms with van der Waals surface area (Å²) in [6.45, 7) is 2.09. The van der Waals surface area contributed by atoms with Gasteiger partial charge in [0.25, 0.3) is 0 Å². The van der Waals surface area contributed by atoms with Crippen LogP contribution in [-0.2, 0) is 14.4 Å². The second kappa shape index (κ2) is 5.19. The van der Waals surface area contributed by atoms with Crippen molar-refractivity contribution in [2.75, 3.05) is 6.61 Å². The van der Waals surface area contributed by atoms with Crippen molar-refractivity contribution in [1.29, 1.82) is 0 Å². The van der Waals surface area contributed by atoms with Crippen LogP contribution in [0.3, 0.4) is 0 Å². The van der Waals surface area contributed by atoms with Gasteiger partial charge in [0, 0.05) is 11.4 Å². The maximum atomic E-state index is 11.4. The van der Waals surface area contributed by atoms with Crippen LogP contribution in [0.4, 0.5) is 0 Å². The molecule has 90 valence electrons. The van der Waals surface area contributed by atoms with Crippen molar-refractivity contribution in [2.24, 2.45) is 5.16 Å². The maximum Gasteiger partial charge on any atom is 0.356 e. The number of hydrogen-bond donors (Lipinski definition) is 0. The van der Waals surface area contributed by atoms with E-state index in [4.69, 9.17) is 21.2 Å². The smallest absolute Gasteiger partial charge is 0.356 e. The molecule has 1 aromatic rings. The van der Waals surface area contributed by atoms with Gasteiger partial charge in [-0.25, -0.2) is 4.79 Å². The summed E-state index contributed by atoms with van der Waals surface area (Å²) in [5.74, 6) is -0.413. The van der Waals surface area contributed by atoms with Crippen molar-refractivity contribution in [3.05, 3.63) is 34.9 Å². The maximum absolute atomic E-state index is 11.4. The van der Waals surface area contributed by atoms with Crippen LogP contribution < -0.4 is 0 Å². The Morgan fingerprint density at radius 2 is 2.24 bits per heavy atom. The van der Waals surface area contributed by atoms with Crippen molar-refractivity contribution in [3.63, 3.8) is 0 Å². The lowest BCUT2D eigenvalue weighted by Gasteiger charge is -2.07. The van der Waals surface area contributed by atoms with E-state index in [1.807, 2.05) is 12.1 Å². The van der Waals surface area contributed by atoms with Crippen LogP contribution in [0.1, 0.15) is 25.0 Å². The highest BCUT2D eigenvalue weighted by molar-refractivity contribution is 6.36. The molecule has 1 aliphatic heterocycles. The molecule has 0 saturated carbocycles. The minimum atomic E-state index is -0.413. The molecule has 5 heteroatoms. The van der Waals surface area contributed by atoms with Crippen LogP contribution in [0.5, 0.6) is 0 Å². The molecule has 0 aliphatic carbocycles. The second-order valence-electron chi connectivity index (χ2n) is 3.61. The summed E-state index contributed by atoms with van der Waals surface area (Å²) in [6.07, 6.45) is 0.201. The van der Waals surface area contributed by atoms with Crippen LogP contribution in [0.25, 0.3) is 0 Å². The van der Waals surface area contributed by atoms with Crippen molar-refractivity contribution in [2.45, 2.75) is 19.4 Å². The molecule has 0 fully saturated rings. The molecule has 0 spiro atoms. The number of nitrogens with zero attached hydrogens (tertiary/aromatic N) is 1. The van der Waals surface area contributed by atoms with E-state index in [-0.39, 0.29) is 6.10 Å². The molecule has 2 rings (SSSR count). The minimum Gasteiger partial charge on any atom is -0.461 e. The van der Waals surface area contributed by atoms with Crippen LogP contribution >= 0.6 is 11.6 Å². The van der Waals surface area contributed by atoms with Gasteiger partial charge in [-0.1, -0.05) is 28.9 Å². The normalized spacial score (nSPS) is 18.5. The molecular formula is C12H12ClNO3. The van der Waals surface area contributed by atoms with E-state index in [2.05, 4.69) is 5.16 Å². The predicted molar refractivity (Wildman–Crippen MR) is 64.0 cm³/mol. The molecule has 0 aromatic heterocycles. The second-order valence-corrected chi connectivity index (χ2v) is 4.04. The Bertz CT molecular complexity index is 442. The molecule has 4 nitrogen and oxygen atoms in total. The number of halogens is 1. The number of ether oxygens (including phenoxy) is 1. The number of carbonyl (C=O) groups is 1. The Morgan fingerprint density at radius 1 is 1.53 bits per heavy atom. The van der Waals surface area contributed by atoms with Crippen LogP contribution in [-0.4, -0.2) is 18.3 Å². The molecule has 1 heterocycles. The Kier molecular flexibility index (Phi) is 3.64. The van der Waals surface area contributed by atoms with Crippen LogP contribution in [0, 0.1) is 0 Å². The molecule has 0 amide bonds. The SMILES string of the molecule is CCOC(=O)C1=NOC(c2ccc(Cl)cc2)C1. The molecule has 0 N–H and O–H groups in total. The fraction of sp³-hybridized carbons (Fsp3) is 0.333. The Balaban J connectivity index is 2.00. The standard InChI is InChI=1S/C12H12ClNO3/c1-2-16-12(15)10-7-11(17-14-10)8-3-5-9(13)6-4-8/h3-6,11H,2,7H2,1H3. The molecule has 1 aliphatic rings. The quantitative estimate of drug-likeness (QED) is 0.778. The van der Waals surface area contributed by atoms with E-state index >= 15 is 0 Å². The van der Waals surface area contributed by atoms with Gasteiger partial charge in [0.2, 0.25) is 0 Å². The first-order chi connectivity index (χ1) is 8.20. The summed E-state index contributed by atoms with van der Waals surface area (Å²) in [5, 5.41) is 4.41. The van der Waals surface area contributed by atoms with E-state index < -0.39 is 5.97 Å². The monoisotopic (exact) mass is 253 g/mol. The van der Waals surface area contributed by atoms with Gasteiger partial charge in [0.15, 0.2) is 11.8 Å². The summed E-state index contributed by atoms with van der Waals surface area (Å²) in [4.78, 5) is 16.6. The molecule has 1 aromatic carbocycles. The Morgan fingerprint density at radius 3 is 2.88 bits per heavy atom.